The minimum absolute atomic E-state index is 0.591. The molecule has 0 heterocycles. The van der Waals surface area contributed by atoms with Gasteiger partial charge in [-0.25, -0.2) is 0 Å². The number of thiocarbonyl (C=S) groups is 1. The van der Waals surface area contributed by atoms with Crippen molar-refractivity contribution in [2.75, 3.05) is 13.1 Å². The molecule has 0 aromatic rings. The molecule has 1 saturated carbocycles. The van der Waals surface area contributed by atoms with Crippen LogP contribution in [0, 0.1) is 11.8 Å². The predicted octanol–water partition coefficient (Wildman–Crippen LogP) is 2.95. The highest BCUT2D eigenvalue weighted by Crippen LogP contribution is 2.38. The molecule has 1 N–H and O–H groups in total. The van der Waals surface area contributed by atoms with E-state index in [1.54, 1.807) is 0 Å². The fraction of sp³-hybridized carbons (Fsp3) is 0.786. The lowest BCUT2D eigenvalue weighted by atomic mass is 10.0. The van der Waals surface area contributed by atoms with Gasteiger partial charge >= 0.3 is 0 Å². The van der Waals surface area contributed by atoms with Crippen LogP contribution < -0.4 is 5.32 Å². The number of nitrogens with one attached hydrogen (secondary N) is 1. The van der Waals surface area contributed by atoms with Gasteiger partial charge in [-0.15, -0.1) is 0 Å². The SMILES string of the molecule is CCCN(CCC)C(=S)N[C@H]1C[C@H]2C=C[C@H]1C2. The number of hydrogen-bond acceptors (Lipinski definition) is 1. The minimum atomic E-state index is 0.591. The highest BCUT2D eigenvalue weighted by molar-refractivity contribution is 7.80. The molecule has 0 saturated heterocycles. The molecule has 17 heavy (non-hydrogen) atoms. The maximum Gasteiger partial charge on any atom is 0.169 e. The Hall–Kier alpha value is -0.570. The molecule has 0 aromatic heterocycles. The third-order valence-corrected chi connectivity index (χ3v) is 4.24. The molecule has 2 aliphatic rings. The molecule has 2 rings (SSSR count). The molecule has 0 radical (unpaired) electrons. The molecule has 1 fully saturated rings. The largest absolute Gasteiger partial charge is 0.359 e. The Morgan fingerprint density at radius 2 is 1.94 bits per heavy atom. The second-order valence-corrected chi connectivity index (χ2v) is 5.71. The van der Waals surface area contributed by atoms with Crippen LogP contribution in [0.5, 0.6) is 0 Å². The first kappa shape index (κ1) is 12.9. The molecular weight excluding hydrogens is 228 g/mol. The van der Waals surface area contributed by atoms with Crippen molar-refractivity contribution < 1.29 is 0 Å². The van der Waals surface area contributed by atoms with Gasteiger partial charge in [-0.2, -0.15) is 0 Å². The summed E-state index contributed by atoms with van der Waals surface area (Å²) < 4.78 is 0. The molecule has 3 heteroatoms. The summed E-state index contributed by atoms with van der Waals surface area (Å²) in [5, 5.41) is 4.56. The van der Waals surface area contributed by atoms with Crippen molar-refractivity contribution >= 4 is 17.3 Å². The van der Waals surface area contributed by atoms with Crippen LogP contribution in [0.1, 0.15) is 39.5 Å². The Bertz CT molecular complexity index is 295. The van der Waals surface area contributed by atoms with Crippen molar-refractivity contribution in [1.29, 1.82) is 0 Å². The molecule has 0 amide bonds. The molecule has 0 spiro atoms. The van der Waals surface area contributed by atoms with Crippen LogP contribution in [-0.2, 0) is 0 Å². The molecule has 2 nitrogen and oxygen atoms in total. The van der Waals surface area contributed by atoms with E-state index in [4.69, 9.17) is 12.2 Å². The normalized spacial score (nSPS) is 29.6. The van der Waals surface area contributed by atoms with E-state index in [0.717, 1.165) is 30.0 Å². The van der Waals surface area contributed by atoms with Gasteiger partial charge in [0.1, 0.15) is 0 Å². The first-order valence-electron chi connectivity index (χ1n) is 6.98. The van der Waals surface area contributed by atoms with E-state index in [1.165, 1.54) is 25.7 Å². The summed E-state index contributed by atoms with van der Waals surface area (Å²) in [7, 11) is 0. The monoisotopic (exact) mass is 252 g/mol. The number of rotatable bonds is 5. The second-order valence-electron chi connectivity index (χ2n) is 5.32. The van der Waals surface area contributed by atoms with Gasteiger partial charge in [0.25, 0.3) is 0 Å². The van der Waals surface area contributed by atoms with E-state index in [0.29, 0.717) is 6.04 Å². The molecule has 0 unspecified atom stereocenters. The lowest BCUT2D eigenvalue weighted by Crippen LogP contribution is -2.46. The van der Waals surface area contributed by atoms with E-state index in [2.05, 4.69) is 36.2 Å². The Morgan fingerprint density at radius 1 is 1.24 bits per heavy atom. The number of hydrogen-bond donors (Lipinski definition) is 1. The fourth-order valence-electron chi connectivity index (χ4n) is 3.05. The Balaban J connectivity index is 1.84. The molecule has 3 atom stereocenters. The van der Waals surface area contributed by atoms with Gasteiger partial charge in [0.15, 0.2) is 5.11 Å². The maximum atomic E-state index is 5.55. The van der Waals surface area contributed by atoms with E-state index in [1.807, 2.05) is 0 Å². The van der Waals surface area contributed by atoms with E-state index in [9.17, 15) is 0 Å². The van der Waals surface area contributed by atoms with Gasteiger partial charge in [-0.1, -0.05) is 26.0 Å². The predicted molar refractivity (Wildman–Crippen MR) is 77.0 cm³/mol. The average molecular weight is 252 g/mol. The standard InChI is InChI=1S/C14H24N2S/c1-3-7-16(8-4-2)14(17)15-13-10-11-5-6-12(13)9-11/h5-6,11-13H,3-4,7-10H2,1-2H3,(H,15,17)/t11-,12-,13-/m0/s1. The van der Waals surface area contributed by atoms with Crippen molar-refractivity contribution in [3.8, 4) is 0 Å². The zero-order chi connectivity index (χ0) is 12.3. The van der Waals surface area contributed by atoms with E-state index in [-0.39, 0.29) is 0 Å². The van der Waals surface area contributed by atoms with Crippen LogP contribution in [0.15, 0.2) is 12.2 Å². The van der Waals surface area contributed by atoms with Crippen molar-refractivity contribution in [2.45, 2.75) is 45.6 Å². The highest BCUT2D eigenvalue weighted by atomic mass is 32.1. The molecule has 96 valence electrons. The molecular formula is C14H24N2S. The fourth-order valence-corrected chi connectivity index (χ4v) is 3.39. The van der Waals surface area contributed by atoms with Gasteiger partial charge < -0.3 is 10.2 Å². The zero-order valence-electron chi connectivity index (χ0n) is 11.0. The molecule has 0 aliphatic heterocycles. The van der Waals surface area contributed by atoms with Crippen molar-refractivity contribution in [2.24, 2.45) is 11.8 Å². The lowest BCUT2D eigenvalue weighted by Gasteiger charge is -2.29. The van der Waals surface area contributed by atoms with Crippen LogP contribution in [0.25, 0.3) is 0 Å². The van der Waals surface area contributed by atoms with Crippen molar-refractivity contribution in [3.05, 3.63) is 12.2 Å². The van der Waals surface area contributed by atoms with Gasteiger partial charge in [0.2, 0.25) is 0 Å². The lowest BCUT2D eigenvalue weighted by molar-refractivity contribution is 0.393. The summed E-state index contributed by atoms with van der Waals surface area (Å²) in [4.78, 5) is 2.32. The highest BCUT2D eigenvalue weighted by Gasteiger charge is 2.36. The van der Waals surface area contributed by atoms with Gasteiger partial charge in [-0.3, -0.25) is 0 Å². The Kier molecular flexibility index (Phi) is 4.43. The number of nitrogens with zero attached hydrogens (tertiary/aromatic N) is 1. The topological polar surface area (TPSA) is 15.3 Å². The van der Waals surface area contributed by atoms with Crippen LogP contribution in [0.2, 0.25) is 0 Å². The van der Waals surface area contributed by atoms with E-state index < -0.39 is 0 Å². The van der Waals surface area contributed by atoms with Gasteiger partial charge in [0, 0.05) is 19.1 Å². The van der Waals surface area contributed by atoms with Crippen molar-refractivity contribution in [3.63, 3.8) is 0 Å². The molecule has 0 aromatic carbocycles. The van der Waals surface area contributed by atoms with Gasteiger partial charge in [-0.05, 0) is 49.7 Å². The summed E-state index contributed by atoms with van der Waals surface area (Å²) in [6, 6.07) is 0.591. The summed E-state index contributed by atoms with van der Waals surface area (Å²) in [5.74, 6) is 1.54. The van der Waals surface area contributed by atoms with Crippen LogP contribution in [0.3, 0.4) is 0 Å². The first-order chi connectivity index (χ1) is 8.24. The first-order valence-corrected chi connectivity index (χ1v) is 7.39. The number of fused-ring (bicyclic) bond motifs is 2. The molecule has 2 aliphatic carbocycles. The van der Waals surface area contributed by atoms with Crippen LogP contribution in [-0.4, -0.2) is 29.1 Å². The molecule has 2 bridgehead atoms. The summed E-state index contributed by atoms with van der Waals surface area (Å²) in [6.45, 7) is 6.59. The summed E-state index contributed by atoms with van der Waals surface area (Å²) in [5.41, 5.74) is 0. The quantitative estimate of drug-likeness (QED) is 0.598. The Labute approximate surface area is 110 Å². The maximum absolute atomic E-state index is 5.55. The third-order valence-electron chi connectivity index (χ3n) is 3.86. The second kappa shape index (κ2) is 5.85. The Morgan fingerprint density at radius 3 is 2.41 bits per heavy atom. The summed E-state index contributed by atoms with van der Waals surface area (Å²) in [6.07, 6.45) is 9.69. The number of allylic oxidation sites excluding steroid dienone is 1. The zero-order valence-corrected chi connectivity index (χ0v) is 11.8. The average Bonchev–Trinajstić information content (AvgIpc) is 2.90. The van der Waals surface area contributed by atoms with E-state index >= 15 is 0 Å². The minimum Gasteiger partial charge on any atom is -0.359 e. The third kappa shape index (κ3) is 3.01. The summed E-state index contributed by atoms with van der Waals surface area (Å²) >= 11 is 5.55. The van der Waals surface area contributed by atoms with Crippen molar-refractivity contribution in [1.82, 2.24) is 10.2 Å². The van der Waals surface area contributed by atoms with Crippen LogP contribution in [0.4, 0.5) is 0 Å². The van der Waals surface area contributed by atoms with Crippen LogP contribution >= 0.6 is 12.2 Å². The van der Waals surface area contributed by atoms with Gasteiger partial charge in [0.05, 0.1) is 0 Å². The smallest absolute Gasteiger partial charge is 0.169 e.